The maximum Gasteiger partial charge on any atom is 0.162 e. The Hall–Kier alpha value is -8.96. The van der Waals surface area contributed by atoms with Crippen LogP contribution in [0.3, 0.4) is 0 Å². The van der Waals surface area contributed by atoms with Gasteiger partial charge in [-0.3, -0.25) is 4.57 Å². The molecule has 12 aromatic carbocycles. The van der Waals surface area contributed by atoms with Crippen LogP contribution in [0.5, 0.6) is 0 Å². The van der Waals surface area contributed by atoms with Crippen molar-refractivity contribution in [3.63, 3.8) is 0 Å². The van der Waals surface area contributed by atoms with Gasteiger partial charge in [-0.15, -0.1) is 11.3 Å². The lowest BCUT2D eigenvalue weighted by Gasteiger charge is -2.15. The fourth-order valence-electron chi connectivity index (χ4n) is 11.1. The average molecular weight is 906 g/mol. The predicted octanol–water partition coefficient (Wildman–Crippen LogP) is 18.4. The minimum atomic E-state index is 0.681. The third-order valence-electron chi connectivity index (χ3n) is 14.5. The zero-order chi connectivity index (χ0) is 45.9. The monoisotopic (exact) mass is 905 g/mol. The SMILES string of the molecule is c1ccc(-c2ccc3c(c2)c2cc4c5ccccc5c5cc(-c6ccc7c(c6)sc6ccccc67)ccc5c4cc2n3-c2cc(-c3ccc4ccccc4c3)nc(-c3ccc4ccccc4c3)n2)cc1. The third kappa shape index (κ3) is 6.14. The normalized spacial score (nSPS) is 12.0. The summed E-state index contributed by atoms with van der Waals surface area (Å²) in [6, 6.07) is 86.6. The highest BCUT2D eigenvalue weighted by atomic mass is 32.1. The van der Waals surface area contributed by atoms with Gasteiger partial charge in [-0.05, 0) is 131 Å². The molecule has 0 aliphatic rings. The third-order valence-corrected chi connectivity index (χ3v) is 15.7. The molecule has 0 saturated heterocycles. The Morgan fingerprint density at radius 1 is 0.271 bits per heavy atom. The molecular weight excluding hydrogens is 867 g/mol. The summed E-state index contributed by atoms with van der Waals surface area (Å²) < 4.78 is 5.01. The molecule has 0 radical (unpaired) electrons. The summed E-state index contributed by atoms with van der Waals surface area (Å²) in [6.45, 7) is 0. The van der Waals surface area contributed by atoms with Crippen molar-refractivity contribution in [3.8, 4) is 50.7 Å². The van der Waals surface area contributed by atoms with Crippen LogP contribution in [0.4, 0.5) is 0 Å². The largest absolute Gasteiger partial charge is 0.294 e. The van der Waals surface area contributed by atoms with Gasteiger partial charge in [0.2, 0.25) is 0 Å². The summed E-state index contributed by atoms with van der Waals surface area (Å²) in [5.41, 5.74) is 9.86. The number of benzene rings is 12. The fraction of sp³-hybridized carbons (Fsp3) is 0. The molecule has 3 nitrogen and oxygen atoms in total. The second kappa shape index (κ2) is 15.3. The first-order chi connectivity index (χ1) is 34.6. The van der Waals surface area contributed by atoms with Crippen LogP contribution in [0.2, 0.25) is 0 Å². The van der Waals surface area contributed by atoms with Crippen LogP contribution in [0.15, 0.2) is 237 Å². The van der Waals surface area contributed by atoms with Crippen molar-refractivity contribution >= 4 is 107 Å². The van der Waals surface area contributed by atoms with Crippen molar-refractivity contribution in [1.29, 1.82) is 0 Å². The minimum Gasteiger partial charge on any atom is -0.294 e. The highest BCUT2D eigenvalue weighted by molar-refractivity contribution is 7.25. The van der Waals surface area contributed by atoms with Crippen molar-refractivity contribution in [3.05, 3.63) is 237 Å². The molecule has 0 N–H and O–H groups in total. The smallest absolute Gasteiger partial charge is 0.162 e. The van der Waals surface area contributed by atoms with E-state index in [4.69, 9.17) is 9.97 Å². The molecule has 0 spiro atoms. The molecule has 0 fully saturated rings. The number of rotatable bonds is 5. The molecule has 0 saturated carbocycles. The molecular formula is C66H39N3S. The van der Waals surface area contributed by atoms with Crippen LogP contribution < -0.4 is 0 Å². The first-order valence-corrected chi connectivity index (χ1v) is 24.7. The molecule has 0 bridgehead atoms. The summed E-state index contributed by atoms with van der Waals surface area (Å²) in [7, 11) is 0. The van der Waals surface area contributed by atoms with E-state index in [0.29, 0.717) is 5.82 Å². The maximum atomic E-state index is 5.55. The molecule has 15 aromatic rings. The minimum absolute atomic E-state index is 0.681. The van der Waals surface area contributed by atoms with Crippen LogP contribution >= 0.6 is 11.3 Å². The lowest BCUT2D eigenvalue weighted by atomic mass is 9.91. The van der Waals surface area contributed by atoms with Crippen LogP contribution in [0, 0.1) is 0 Å². The molecule has 0 aliphatic heterocycles. The maximum absolute atomic E-state index is 5.55. The Kier molecular flexibility index (Phi) is 8.53. The number of thiophene rings is 1. The summed E-state index contributed by atoms with van der Waals surface area (Å²) in [6.07, 6.45) is 0. The van der Waals surface area contributed by atoms with Crippen LogP contribution in [-0.2, 0) is 0 Å². The number of hydrogen-bond acceptors (Lipinski definition) is 3. The lowest BCUT2D eigenvalue weighted by molar-refractivity contribution is 1.05. The van der Waals surface area contributed by atoms with Crippen molar-refractivity contribution < 1.29 is 0 Å². The van der Waals surface area contributed by atoms with E-state index in [0.717, 1.165) is 39.1 Å². The second-order valence-electron chi connectivity index (χ2n) is 18.5. The molecule has 324 valence electrons. The lowest BCUT2D eigenvalue weighted by Crippen LogP contribution is -2.02. The molecule has 0 atom stereocenters. The van der Waals surface area contributed by atoms with Gasteiger partial charge >= 0.3 is 0 Å². The van der Waals surface area contributed by atoms with E-state index in [9.17, 15) is 0 Å². The van der Waals surface area contributed by atoms with Gasteiger partial charge in [0.05, 0.1) is 16.7 Å². The molecule has 0 unspecified atom stereocenters. The van der Waals surface area contributed by atoms with Gasteiger partial charge in [0.15, 0.2) is 5.82 Å². The number of nitrogens with zero attached hydrogens (tertiary/aromatic N) is 3. The van der Waals surface area contributed by atoms with Crippen molar-refractivity contribution in [2.24, 2.45) is 0 Å². The first kappa shape index (κ1) is 39.1. The molecule has 0 aliphatic carbocycles. The topological polar surface area (TPSA) is 30.7 Å². The van der Waals surface area contributed by atoms with Gasteiger partial charge in [-0.2, -0.15) is 0 Å². The summed E-state index contributed by atoms with van der Waals surface area (Å²) in [4.78, 5) is 10.9. The number of aromatic nitrogens is 3. The van der Waals surface area contributed by atoms with Gasteiger partial charge in [-0.25, -0.2) is 9.97 Å². The van der Waals surface area contributed by atoms with E-state index < -0.39 is 0 Å². The van der Waals surface area contributed by atoms with Gasteiger partial charge in [0.25, 0.3) is 0 Å². The van der Waals surface area contributed by atoms with E-state index in [2.05, 4.69) is 241 Å². The van der Waals surface area contributed by atoms with Crippen LogP contribution in [0.1, 0.15) is 0 Å². The van der Waals surface area contributed by atoms with E-state index in [1.165, 1.54) is 102 Å². The molecule has 3 heterocycles. The van der Waals surface area contributed by atoms with E-state index in [1.54, 1.807) is 0 Å². The van der Waals surface area contributed by atoms with Crippen molar-refractivity contribution in [2.75, 3.05) is 0 Å². The highest BCUT2D eigenvalue weighted by Crippen LogP contribution is 2.44. The fourth-order valence-corrected chi connectivity index (χ4v) is 12.3. The Bertz CT molecular complexity index is 4560. The average Bonchev–Trinajstić information content (AvgIpc) is 3.97. The quantitative estimate of drug-likeness (QED) is 0.161. The Morgan fingerprint density at radius 3 is 1.59 bits per heavy atom. The van der Waals surface area contributed by atoms with Gasteiger partial charge < -0.3 is 0 Å². The van der Waals surface area contributed by atoms with E-state index in [1.807, 2.05) is 11.3 Å². The zero-order valence-electron chi connectivity index (χ0n) is 37.8. The molecule has 4 heteroatoms. The molecule has 15 rings (SSSR count). The molecule has 0 amide bonds. The van der Waals surface area contributed by atoms with Gasteiger partial charge in [-0.1, -0.05) is 176 Å². The Balaban J connectivity index is 1.01. The summed E-state index contributed by atoms with van der Waals surface area (Å²) in [5, 5.41) is 17.1. The standard InChI is InChI=1S/C66H39N3S/c1-2-12-40(13-3-1)45-28-31-61-58(35-45)59-37-56-51-19-9-8-18-50(51)55-34-46(47-27-30-54-53-20-10-11-21-63(53)70-64(54)36-47)26-29-52(55)57(56)38-62(59)69(61)65-39-60(48-24-22-41-14-4-6-16-43(41)32-48)67-66(68-65)49-25-23-42-15-5-7-17-44(42)33-49/h1-39H. The summed E-state index contributed by atoms with van der Waals surface area (Å²) >= 11 is 1.87. The zero-order valence-corrected chi connectivity index (χ0v) is 38.6. The highest BCUT2D eigenvalue weighted by Gasteiger charge is 2.21. The summed E-state index contributed by atoms with van der Waals surface area (Å²) in [5.74, 6) is 1.50. The van der Waals surface area contributed by atoms with Crippen LogP contribution in [-0.4, -0.2) is 14.5 Å². The first-order valence-electron chi connectivity index (χ1n) is 23.9. The number of fused-ring (bicyclic) bond motifs is 14. The second-order valence-corrected chi connectivity index (χ2v) is 19.6. The van der Waals surface area contributed by atoms with Crippen molar-refractivity contribution in [2.45, 2.75) is 0 Å². The van der Waals surface area contributed by atoms with E-state index in [-0.39, 0.29) is 0 Å². The Labute approximate surface area is 406 Å². The molecule has 70 heavy (non-hydrogen) atoms. The number of hydrogen-bond donors (Lipinski definition) is 0. The van der Waals surface area contributed by atoms with Gasteiger partial charge in [0.1, 0.15) is 5.82 Å². The molecule has 3 aromatic heterocycles. The van der Waals surface area contributed by atoms with E-state index >= 15 is 0 Å². The Morgan fingerprint density at radius 2 is 0.800 bits per heavy atom. The van der Waals surface area contributed by atoms with Gasteiger partial charge in [0, 0.05) is 48.1 Å². The van der Waals surface area contributed by atoms with Crippen LogP contribution in [0.25, 0.3) is 147 Å². The predicted molar refractivity (Wildman–Crippen MR) is 299 cm³/mol. The van der Waals surface area contributed by atoms with Crippen molar-refractivity contribution in [1.82, 2.24) is 14.5 Å².